The van der Waals surface area contributed by atoms with Gasteiger partial charge in [-0.25, -0.2) is 4.98 Å². The van der Waals surface area contributed by atoms with Crippen LogP contribution in [-0.2, 0) is 19.3 Å². The van der Waals surface area contributed by atoms with Crippen LogP contribution in [0.3, 0.4) is 0 Å². The molecule has 0 saturated heterocycles. The smallest absolute Gasteiger partial charge is 0.237 e. The molecular formula is C19H18N6S. The van der Waals surface area contributed by atoms with Crippen molar-refractivity contribution in [1.82, 2.24) is 28.7 Å². The van der Waals surface area contributed by atoms with Crippen molar-refractivity contribution in [2.24, 2.45) is 7.05 Å². The Morgan fingerprint density at radius 3 is 2.42 bits per heavy atom. The Kier molecular flexibility index (Phi) is 3.49. The number of thioether (sulfide) groups is 1. The molecule has 0 bridgehead atoms. The fraction of sp³-hybridized carbons (Fsp3) is 0.211. The first-order valence-electron chi connectivity index (χ1n) is 8.63. The molecule has 26 heavy (non-hydrogen) atoms. The number of hydrogen-bond donors (Lipinski definition) is 0. The van der Waals surface area contributed by atoms with Gasteiger partial charge in [-0.1, -0.05) is 36.0 Å². The van der Waals surface area contributed by atoms with Crippen LogP contribution in [0.1, 0.15) is 12.7 Å². The Hall–Kier alpha value is -2.80. The third-order valence-electron chi connectivity index (χ3n) is 4.80. The van der Waals surface area contributed by atoms with Gasteiger partial charge in [-0.2, -0.15) is 0 Å². The van der Waals surface area contributed by atoms with Crippen LogP contribution in [0.4, 0.5) is 0 Å². The van der Waals surface area contributed by atoms with Crippen molar-refractivity contribution in [3.63, 3.8) is 0 Å². The van der Waals surface area contributed by atoms with Gasteiger partial charge in [-0.15, -0.1) is 10.2 Å². The zero-order valence-electron chi connectivity index (χ0n) is 14.6. The van der Waals surface area contributed by atoms with Crippen molar-refractivity contribution in [2.75, 3.05) is 0 Å². The summed E-state index contributed by atoms with van der Waals surface area (Å²) < 4.78 is 6.49. The first-order chi connectivity index (χ1) is 12.8. The van der Waals surface area contributed by atoms with Gasteiger partial charge in [0.15, 0.2) is 5.16 Å². The van der Waals surface area contributed by atoms with E-state index in [2.05, 4.69) is 68.0 Å². The number of hydrogen-bond acceptors (Lipinski definition) is 4. The number of fused-ring (bicyclic) bond motifs is 4. The first kappa shape index (κ1) is 15.5. The van der Waals surface area contributed by atoms with Gasteiger partial charge in [-0.3, -0.25) is 4.40 Å². The monoisotopic (exact) mass is 362 g/mol. The summed E-state index contributed by atoms with van der Waals surface area (Å²) in [5, 5.41) is 9.76. The molecule has 7 heteroatoms. The molecule has 0 amide bonds. The van der Waals surface area contributed by atoms with Gasteiger partial charge in [0.05, 0.1) is 27.8 Å². The highest BCUT2D eigenvalue weighted by molar-refractivity contribution is 7.98. The second kappa shape index (κ2) is 5.88. The van der Waals surface area contributed by atoms with Gasteiger partial charge in [0.25, 0.3) is 0 Å². The maximum Gasteiger partial charge on any atom is 0.237 e. The van der Waals surface area contributed by atoms with Crippen LogP contribution < -0.4 is 0 Å². The standard InChI is InChI=1S/C19H18N6S/c1-3-24-15-10-6-7-11-16(15)25-18(24)21-22-19(25)26-12-17-20-13-8-4-5-9-14(13)23(17)2/h4-11H,3,12H2,1-2H3. The summed E-state index contributed by atoms with van der Waals surface area (Å²) in [5.41, 5.74) is 4.50. The van der Waals surface area contributed by atoms with Crippen LogP contribution in [0.2, 0.25) is 0 Å². The third-order valence-corrected chi connectivity index (χ3v) is 5.72. The number of para-hydroxylation sites is 4. The molecule has 2 aromatic carbocycles. The van der Waals surface area contributed by atoms with Gasteiger partial charge >= 0.3 is 0 Å². The maximum absolute atomic E-state index is 4.75. The van der Waals surface area contributed by atoms with E-state index in [0.29, 0.717) is 0 Å². The quantitative estimate of drug-likeness (QED) is 0.455. The average Bonchev–Trinajstić information content (AvgIpc) is 3.32. The minimum atomic E-state index is 0.748. The van der Waals surface area contributed by atoms with Gasteiger partial charge < -0.3 is 9.13 Å². The molecule has 0 aliphatic rings. The zero-order chi connectivity index (χ0) is 17.7. The second-order valence-electron chi connectivity index (χ2n) is 6.22. The summed E-state index contributed by atoms with van der Waals surface area (Å²) in [6.07, 6.45) is 0. The Labute approximate surface area is 154 Å². The molecule has 0 N–H and O–H groups in total. The molecule has 6 nitrogen and oxygen atoms in total. The minimum absolute atomic E-state index is 0.748. The van der Waals surface area contributed by atoms with Crippen LogP contribution in [0.25, 0.3) is 27.8 Å². The van der Waals surface area contributed by atoms with Crippen molar-refractivity contribution < 1.29 is 0 Å². The largest absolute Gasteiger partial charge is 0.330 e. The van der Waals surface area contributed by atoms with E-state index in [0.717, 1.165) is 45.6 Å². The summed E-state index contributed by atoms with van der Waals surface area (Å²) in [4.78, 5) is 4.75. The highest BCUT2D eigenvalue weighted by atomic mass is 32.2. The van der Waals surface area contributed by atoms with Crippen molar-refractivity contribution in [2.45, 2.75) is 24.4 Å². The summed E-state index contributed by atoms with van der Waals surface area (Å²) in [6, 6.07) is 16.6. The molecule has 0 saturated carbocycles. The molecule has 3 aromatic heterocycles. The number of aryl methyl sites for hydroxylation is 2. The number of nitrogens with zero attached hydrogens (tertiary/aromatic N) is 6. The molecule has 130 valence electrons. The molecule has 3 heterocycles. The summed E-state index contributed by atoms with van der Waals surface area (Å²) in [7, 11) is 2.06. The second-order valence-corrected chi connectivity index (χ2v) is 7.16. The maximum atomic E-state index is 4.75. The third kappa shape index (κ3) is 2.17. The van der Waals surface area contributed by atoms with E-state index >= 15 is 0 Å². The van der Waals surface area contributed by atoms with Crippen LogP contribution in [-0.4, -0.2) is 28.7 Å². The Balaban J connectivity index is 1.56. The Bertz CT molecular complexity index is 1250. The minimum Gasteiger partial charge on any atom is -0.330 e. The molecule has 0 aliphatic heterocycles. The lowest BCUT2D eigenvalue weighted by Gasteiger charge is -2.01. The van der Waals surface area contributed by atoms with E-state index in [9.17, 15) is 0 Å². The van der Waals surface area contributed by atoms with Gasteiger partial charge in [0.1, 0.15) is 5.82 Å². The lowest BCUT2D eigenvalue weighted by atomic mass is 10.3. The summed E-state index contributed by atoms with van der Waals surface area (Å²) in [5.74, 6) is 2.67. The number of aromatic nitrogens is 6. The van der Waals surface area contributed by atoms with Crippen LogP contribution >= 0.6 is 11.8 Å². The van der Waals surface area contributed by atoms with E-state index in [1.165, 1.54) is 5.52 Å². The molecule has 5 aromatic rings. The lowest BCUT2D eigenvalue weighted by Crippen LogP contribution is -1.96. The van der Waals surface area contributed by atoms with E-state index in [1.54, 1.807) is 11.8 Å². The van der Waals surface area contributed by atoms with Gasteiger partial charge in [-0.05, 0) is 31.2 Å². The van der Waals surface area contributed by atoms with Crippen LogP contribution in [0.5, 0.6) is 0 Å². The van der Waals surface area contributed by atoms with Crippen molar-refractivity contribution in [3.05, 3.63) is 54.4 Å². The van der Waals surface area contributed by atoms with E-state index < -0.39 is 0 Å². The molecule has 5 rings (SSSR count). The van der Waals surface area contributed by atoms with E-state index in [-0.39, 0.29) is 0 Å². The average molecular weight is 362 g/mol. The van der Waals surface area contributed by atoms with Gasteiger partial charge in [0, 0.05) is 13.6 Å². The highest BCUT2D eigenvalue weighted by Gasteiger charge is 2.17. The van der Waals surface area contributed by atoms with E-state index in [1.807, 2.05) is 18.2 Å². The topological polar surface area (TPSA) is 52.9 Å². The fourth-order valence-corrected chi connectivity index (χ4v) is 4.42. The number of imidazole rings is 2. The lowest BCUT2D eigenvalue weighted by molar-refractivity contribution is 0.802. The molecular weight excluding hydrogens is 344 g/mol. The van der Waals surface area contributed by atoms with Crippen molar-refractivity contribution in [3.8, 4) is 0 Å². The van der Waals surface area contributed by atoms with Crippen LogP contribution in [0.15, 0.2) is 53.7 Å². The van der Waals surface area contributed by atoms with Crippen LogP contribution in [0, 0.1) is 0 Å². The molecule has 0 radical (unpaired) electrons. The number of benzene rings is 2. The zero-order valence-corrected chi connectivity index (χ0v) is 15.4. The Morgan fingerprint density at radius 2 is 1.65 bits per heavy atom. The SMILES string of the molecule is CCn1c2ccccc2n2c(SCc3nc4ccccc4n3C)nnc12. The Morgan fingerprint density at radius 1 is 0.923 bits per heavy atom. The van der Waals surface area contributed by atoms with Crippen molar-refractivity contribution >= 4 is 39.6 Å². The van der Waals surface area contributed by atoms with Gasteiger partial charge in [0.2, 0.25) is 5.78 Å². The molecule has 0 aliphatic carbocycles. The normalized spacial score (nSPS) is 11.9. The predicted octanol–water partition coefficient (Wildman–Crippen LogP) is 3.88. The first-order valence-corrected chi connectivity index (χ1v) is 9.62. The molecule has 0 unspecified atom stereocenters. The summed E-state index contributed by atoms with van der Waals surface area (Å²) >= 11 is 1.67. The summed E-state index contributed by atoms with van der Waals surface area (Å²) in [6.45, 7) is 3.00. The molecule has 0 spiro atoms. The van der Waals surface area contributed by atoms with Crippen molar-refractivity contribution in [1.29, 1.82) is 0 Å². The molecule has 0 atom stereocenters. The number of rotatable bonds is 4. The predicted molar refractivity (Wildman–Crippen MR) is 104 cm³/mol. The highest BCUT2D eigenvalue weighted by Crippen LogP contribution is 2.28. The van der Waals surface area contributed by atoms with E-state index in [4.69, 9.17) is 4.98 Å². The fourth-order valence-electron chi connectivity index (χ4n) is 3.50. The molecule has 0 fully saturated rings.